The lowest BCUT2D eigenvalue weighted by Gasteiger charge is -2.31. The number of rotatable bonds is 4. The molecule has 0 amide bonds. The van der Waals surface area contributed by atoms with Crippen molar-refractivity contribution in [2.45, 2.75) is 30.8 Å². The van der Waals surface area contributed by atoms with Crippen LogP contribution in [0.3, 0.4) is 0 Å². The van der Waals surface area contributed by atoms with Crippen molar-refractivity contribution in [3.05, 3.63) is 54.1 Å². The van der Waals surface area contributed by atoms with Gasteiger partial charge in [-0.1, -0.05) is 0 Å². The highest BCUT2D eigenvalue weighted by molar-refractivity contribution is 7.89. The maximum atomic E-state index is 13.0. The van der Waals surface area contributed by atoms with Crippen molar-refractivity contribution in [1.82, 2.24) is 9.29 Å². The summed E-state index contributed by atoms with van der Waals surface area (Å²) in [5, 5.41) is 0. The van der Waals surface area contributed by atoms with Crippen molar-refractivity contribution >= 4 is 10.0 Å². The van der Waals surface area contributed by atoms with Crippen LogP contribution >= 0.6 is 0 Å². The highest BCUT2D eigenvalue weighted by atomic mass is 32.2. The normalized spacial score (nSPS) is 16.9. The molecule has 5 nitrogen and oxygen atoms in total. The Morgan fingerprint density at radius 1 is 1.12 bits per heavy atom. The van der Waals surface area contributed by atoms with Crippen LogP contribution in [0, 0.1) is 12.7 Å². The molecule has 2 heterocycles. The summed E-state index contributed by atoms with van der Waals surface area (Å²) in [6, 6.07) is 8.66. The van der Waals surface area contributed by atoms with Crippen LogP contribution in [0.5, 0.6) is 5.75 Å². The van der Waals surface area contributed by atoms with E-state index in [-0.39, 0.29) is 11.0 Å². The second kappa shape index (κ2) is 6.86. The van der Waals surface area contributed by atoms with Crippen LogP contribution in [0.1, 0.15) is 18.5 Å². The van der Waals surface area contributed by atoms with Gasteiger partial charge in [0.25, 0.3) is 0 Å². The lowest BCUT2D eigenvalue weighted by Crippen LogP contribution is -2.41. The monoisotopic (exact) mass is 350 g/mol. The molecule has 1 fully saturated rings. The number of piperidine rings is 1. The van der Waals surface area contributed by atoms with Crippen LogP contribution in [0.4, 0.5) is 4.39 Å². The zero-order valence-corrected chi connectivity index (χ0v) is 14.2. The third-order valence-corrected chi connectivity index (χ3v) is 5.95. The van der Waals surface area contributed by atoms with Gasteiger partial charge in [-0.3, -0.25) is 4.98 Å². The maximum absolute atomic E-state index is 13.0. The Morgan fingerprint density at radius 3 is 2.38 bits per heavy atom. The molecule has 0 spiro atoms. The van der Waals surface area contributed by atoms with Crippen LogP contribution in [0.25, 0.3) is 0 Å². The van der Waals surface area contributed by atoms with Gasteiger partial charge >= 0.3 is 0 Å². The summed E-state index contributed by atoms with van der Waals surface area (Å²) in [6.07, 6.45) is 2.86. The van der Waals surface area contributed by atoms with E-state index in [1.807, 2.05) is 19.1 Å². The van der Waals surface area contributed by atoms with Crippen LogP contribution in [-0.2, 0) is 10.0 Å². The molecule has 128 valence electrons. The molecular formula is C17H19FN2O3S. The summed E-state index contributed by atoms with van der Waals surface area (Å²) in [5.74, 6) is 0.244. The Kier molecular flexibility index (Phi) is 4.82. The van der Waals surface area contributed by atoms with Crippen molar-refractivity contribution in [3.8, 4) is 5.75 Å². The molecule has 1 aliphatic heterocycles. The van der Waals surface area contributed by atoms with Crippen molar-refractivity contribution in [2.75, 3.05) is 13.1 Å². The molecule has 1 aliphatic rings. The number of ether oxygens (including phenoxy) is 1. The second-order valence-corrected chi connectivity index (χ2v) is 7.75. The number of nitrogens with zero attached hydrogens (tertiary/aromatic N) is 2. The van der Waals surface area contributed by atoms with Crippen molar-refractivity contribution in [1.29, 1.82) is 0 Å². The summed E-state index contributed by atoms with van der Waals surface area (Å²) in [6.45, 7) is 2.66. The van der Waals surface area contributed by atoms with Crippen LogP contribution in [-0.4, -0.2) is 36.9 Å². The van der Waals surface area contributed by atoms with E-state index in [9.17, 15) is 12.8 Å². The predicted octanol–water partition coefficient (Wildman–Crippen LogP) is 2.76. The minimum atomic E-state index is -3.58. The van der Waals surface area contributed by atoms with Gasteiger partial charge in [-0.25, -0.2) is 12.8 Å². The topological polar surface area (TPSA) is 59.5 Å². The average Bonchev–Trinajstić information content (AvgIpc) is 2.58. The van der Waals surface area contributed by atoms with E-state index >= 15 is 0 Å². The van der Waals surface area contributed by atoms with E-state index in [0.29, 0.717) is 31.7 Å². The van der Waals surface area contributed by atoms with Crippen molar-refractivity contribution < 1.29 is 17.5 Å². The van der Waals surface area contributed by atoms with Gasteiger partial charge in [0, 0.05) is 18.8 Å². The van der Waals surface area contributed by atoms with E-state index in [0.717, 1.165) is 17.8 Å². The fraction of sp³-hybridized carbons (Fsp3) is 0.353. The Labute approximate surface area is 141 Å². The van der Waals surface area contributed by atoms with E-state index in [2.05, 4.69) is 4.98 Å². The largest absolute Gasteiger partial charge is 0.489 e. The molecule has 1 aromatic heterocycles. The fourth-order valence-corrected chi connectivity index (χ4v) is 4.13. The summed E-state index contributed by atoms with van der Waals surface area (Å²) in [7, 11) is -3.58. The molecule has 2 aromatic rings. The molecule has 1 aromatic carbocycles. The van der Waals surface area contributed by atoms with Gasteiger partial charge in [-0.05, 0) is 56.2 Å². The van der Waals surface area contributed by atoms with Crippen LogP contribution in [0.2, 0.25) is 0 Å². The molecule has 3 rings (SSSR count). The number of hydrogen-bond donors (Lipinski definition) is 0. The molecule has 7 heteroatoms. The summed E-state index contributed by atoms with van der Waals surface area (Å²) >= 11 is 0. The Bertz CT molecular complexity index is 784. The van der Waals surface area contributed by atoms with Crippen LogP contribution in [0.15, 0.2) is 47.5 Å². The van der Waals surface area contributed by atoms with Gasteiger partial charge in [0.2, 0.25) is 10.0 Å². The molecule has 1 saturated heterocycles. The second-order valence-electron chi connectivity index (χ2n) is 5.81. The van der Waals surface area contributed by atoms with Crippen LogP contribution < -0.4 is 4.74 Å². The maximum Gasteiger partial charge on any atom is 0.243 e. The van der Waals surface area contributed by atoms with E-state index in [1.54, 1.807) is 6.20 Å². The summed E-state index contributed by atoms with van der Waals surface area (Å²) in [5.41, 5.74) is 0.919. The summed E-state index contributed by atoms with van der Waals surface area (Å²) < 4.78 is 45.4. The SMILES string of the molecule is Cc1ccc(OC2CCN(S(=O)(=O)c3ccc(F)cc3)CC2)cn1. The Balaban J connectivity index is 1.62. The van der Waals surface area contributed by atoms with Gasteiger partial charge in [0.1, 0.15) is 17.7 Å². The van der Waals surface area contributed by atoms with Gasteiger partial charge in [0.15, 0.2) is 0 Å². The smallest absolute Gasteiger partial charge is 0.243 e. The average molecular weight is 350 g/mol. The minimum absolute atomic E-state index is 0.0332. The lowest BCUT2D eigenvalue weighted by molar-refractivity contribution is 0.134. The first kappa shape index (κ1) is 16.9. The predicted molar refractivity (Wildman–Crippen MR) is 87.8 cm³/mol. The number of sulfonamides is 1. The van der Waals surface area contributed by atoms with Crippen molar-refractivity contribution in [2.24, 2.45) is 0 Å². The number of aryl methyl sites for hydroxylation is 1. The van der Waals surface area contributed by atoms with Gasteiger partial charge in [-0.2, -0.15) is 4.31 Å². The van der Waals surface area contributed by atoms with Gasteiger partial charge < -0.3 is 4.74 Å². The molecule has 0 bridgehead atoms. The molecule has 0 aliphatic carbocycles. The Hall–Kier alpha value is -1.99. The quantitative estimate of drug-likeness (QED) is 0.851. The number of aromatic nitrogens is 1. The number of pyridine rings is 1. The minimum Gasteiger partial charge on any atom is -0.489 e. The van der Waals surface area contributed by atoms with E-state index < -0.39 is 15.8 Å². The molecule has 0 N–H and O–H groups in total. The molecular weight excluding hydrogens is 331 g/mol. The molecule has 0 unspecified atom stereocenters. The first-order valence-electron chi connectivity index (χ1n) is 7.80. The Morgan fingerprint density at radius 2 is 1.79 bits per heavy atom. The third kappa shape index (κ3) is 3.73. The first-order valence-corrected chi connectivity index (χ1v) is 9.24. The summed E-state index contributed by atoms with van der Waals surface area (Å²) in [4.78, 5) is 4.30. The first-order chi connectivity index (χ1) is 11.4. The zero-order valence-electron chi connectivity index (χ0n) is 13.4. The lowest BCUT2D eigenvalue weighted by atomic mass is 10.1. The number of hydrogen-bond acceptors (Lipinski definition) is 4. The molecule has 0 radical (unpaired) electrons. The molecule has 24 heavy (non-hydrogen) atoms. The number of halogens is 1. The highest BCUT2D eigenvalue weighted by Gasteiger charge is 2.30. The standard InChI is InChI=1S/C17H19FN2O3S/c1-13-2-5-16(12-19-13)23-15-8-10-20(11-9-15)24(21,22)17-6-3-14(18)4-7-17/h2-7,12,15H,8-11H2,1H3. The zero-order chi connectivity index (χ0) is 17.2. The molecule has 0 saturated carbocycles. The fourth-order valence-electron chi connectivity index (χ4n) is 2.66. The third-order valence-electron chi connectivity index (χ3n) is 4.04. The molecule has 0 atom stereocenters. The van der Waals surface area contributed by atoms with E-state index in [4.69, 9.17) is 4.74 Å². The van der Waals surface area contributed by atoms with Gasteiger partial charge in [-0.15, -0.1) is 0 Å². The number of benzene rings is 1. The van der Waals surface area contributed by atoms with Crippen molar-refractivity contribution in [3.63, 3.8) is 0 Å². The van der Waals surface area contributed by atoms with Gasteiger partial charge in [0.05, 0.1) is 11.1 Å². The highest BCUT2D eigenvalue weighted by Crippen LogP contribution is 2.23. The van der Waals surface area contributed by atoms with E-state index in [1.165, 1.54) is 16.4 Å².